The summed E-state index contributed by atoms with van der Waals surface area (Å²) in [5.41, 5.74) is 2.29. The zero-order valence-corrected chi connectivity index (χ0v) is 14.9. The highest BCUT2D eigenvalue weighted by Gasteiger charge is 2.13. The maximum atomic E-state index is 11.7. The number of amides is 1. The van der Waals surface area contributed by atoms with Gasteiger partial charge in [-0.15, -0.1) is 0 Å². The number of aromatic amines is 1. The highest BCUT2D eigenvalue weighted by molar-refractivity contribution is 6.16. The first-order valence-electron chi connectivity index (χ1n) is 8.63. The number of carbonyl (C=O) groups is 2. The van der Waals surface area contributed by atoms with Crippen molar-refractivity contribution >= 4 is 39.1 Å². The fourth-order valence-electron chi connectivity index (χ4n) is 3.41. The minimum Gasteiger partial charge on any atom is -0.478 e. The van der Waals surface area contributed by atoms with Crippen molar-refractivity contribution in [2.45, 2.75) is 6.92 Å². The lowest BCUT2D eigenvalue weighted by Crippen LogP contribution is -2.05. The van der Waals surface area contributed by atoms with E-state index in [1.807, 2.05) is 30.3 Å². The maximum absolute atomic E-state index is 11.7. The van der Waals surface area contributed by atoms with Crippen LogP contribution in [-0.2, 0) is 4.79 Å². The Morgan fingerprint density at radius 3 is 2.46 bits per heavy atom. The van der Waals surface area contributed by atoms with Gasteiger partial charge in [-0.3, -0.25) is 9.59 Å². The second kappa shape index (κ2) is 6.66. The van der Waals surface area contributed by atoms with Gasteiger partial charge in [-0.1, -0.05) is 24.3 Å². The van der Waals surface area contributed by atoms with E-state index in [0.29, 0.717) is 16.5 Å². The van der Waals surface area contributed by atoms with Crippen molar-refractivity contribution in [3.05, 3.63) is 76.7 Å². The summed E-state index contributed by atoms with van der Waals surface area (Å²) in [5, 5.41) is 15.0. The van der Waals surface area contributed by atoms with Crippen LogP contribution in [0.5, 0.6) is 0 Å². The molecule has 0 bridgehead atoms. The fourth-order valence-corrected chi connectivity index (χ4v) is 3.41. The van der Waals surface area contributed by atoms with E-state index in [1.54, 1.807) is 18.3 Å². The van der Waals surface area contributed by atoms with Gasteiger partial charge in [0.1, 0.15) is 0 Å². The lowest BCUT2D eigenvalue weighted by molar-refractivity contribution is -0.114. The first-order chi connectivity index (χ1) is 13.4. The van der Waals surface area contributed by atoms with Crippen molar-refractivity contribution in [1.29, 1.82) is 0 Å². The summed E-state index contributed by atoms with van der Waals surface area (Å²) in [6, 6.07) is 15.8. The molecular formula is C22H16N2O4. The van der Waals surface area contributed by atoms with E-state index in [1.165, 1.54) is 19.1 Å². The van der Waals surface area contributed by atoms with Gasteiger partial charge in [0.25, 0.3) is 0 Å². The van der Waals surface area contributed by atoms with Crippen LogP contribution in [-0.4, -0.2) is 22.0 Å². The summed E-state index contributed by atoms with van der Waals surface area (Å²) in [7, 11) is 0. The number of fused-ring (bicyclic) bond motifs is 3. The Balaban J connectivity index is 1.98. The van der Waals surface area contributed by atoms with Crippen LogP contribution in [0.1, 0.15) is 17.3 Å². The van der Waals surface area contributed by atoms with E-state index >= 15 is 0 Å². The molecule has 3 aromatic carbocycles. The molecule has 0 fully saturated rings. The van der Waals surface area contributed by atoms with Gasteiger partial charge in [-0.05, 0) is 51.6 Å². The Bertz CT molecular complexity index is 1320. The van der Waals surface area contributed by atoms with E-state index in [4.69, 9.17) is 0 Å². The SMILES string of the molecule is CC(=O)Nc1cccc(-c2ccc3c(C(=O)O)cc4cc(=O)[nH]cc4c3c2)c1. The number of hydrogen-bond donors (Lipinski definition) is 3. The largest absolute Gasteiger partial charge is 0.478 e. The van der Waals surface area contributed by atoms with Gasteiger partial charge >= 0.3 is 5.97 Å². The van der Waals surface area contributed by atoms with Crippen LogP contribution in [0, 0.1) is 0 Å². The molecule has 28 heavy (non-hydrogen) atoms. The summed E-state index contributed by atoms with van der Waals surface area (Å²) in [6.07, 6.45) is 1.60. The molecule has 4 rings (SSSR count). The van der Waals surface area contributed by atoms with E-state index in [9.17, 15) is 19.5 Å². The number of hydrogen-bond acceptors (Lipinski definition) is 3. The molecule has 0 spiro atoms. The average molecular weight is 372 g/mol. The van der Waals surface area contributed by atoms with Gasteiger partial charge in [0, 0.05) is 30.3 Å². The van der Waals surface area contributed by atoms with Crippen molar-refractivity contribution in [2.24, 2.45) is 0 Å². The number of rotatable bonds is 3. The van der Waals surface area contributed by atoms with Crippen LogP contribution in [0.15, 0.2) is 65.6 Å². The van der Waals surface area contributed by atoms with Gasteiger partial charge in [0.05, 0.1) is 5.56 Å². The number of aromatic nitrogens is 1. The molecule has 0 atom stereocenters. The Kier molecular flexibility index (Phi) is 4.16. The van der Waals surface area contributed by atoms with Gasteiger partial charge in [0.2, 0.25) is 11.5 Å². The molecule has 0 saturated carbocycles. The van der Waals surface area contributed by atoms with Gasteiger partial charge in [-0.25, -0.2) is 4.79 Å². The zero-order chi connectivity index (χ0) is 19.8. The molecule has 1 amide bonds. The standard InChI is InChI=1S/C22H16N2O4/c1-12(25)24-16-4-2-3-13(7-16)14-5-6-17-18(8-14)20-11-23-21(26)10-15(20)9-19(17)22(27)28/h2-11H,1H3,(H,23,26)(H,24,25)(H,27,28). The molecule has 0 saturated heterocycles. The molecule has 4 aromatic rings. The number of carboxylic acids is 1. The first-order valence-corrected chi connectivity index (χ1v) is 8.63. The summed E-state index contributed by atoms with van der Waals surface area (Å²) in [5.74, 6) is -1.20. The number of carboxylic acid groups (broad SMARTS) is 1. The smallest absolute Gasteiger partial charge is 0.336 e. The molecule has 1 heterocycles. The second-order valence-electron chi connectivity index (χ2n) is 6.55. The molecule has 3 N–H and O–H groups in total. The van der Waals surface area contributed by atoms with E-state index in [-0.39, 0.29) is 17.0 Å². The minimum atomic E-state index is -1.05. The zero-order valence-electron chi connectivity index (χ0n) is 14.9. The van der Waals surface area contributed by atoms with Crippen LogP contribution in [0.25, 0.3) is 32.7 Å². The van der Waals surface area contributed by atoms with Crippen LogP contribution in [0.4, 0.5) is 5.69 Å². The molecule has 0 aliphatic carbocycles. The summed E-state index contributed by atoms with van der Waals surface area (Å²) in [4.78, 5) is 37.4. The van der Waals surface area contributed by atoms with Gasteiger partial charge in [-0.2, -0.15) is 0 Å². The maximum Gasteiger partial charge on any atom is 0.336 e. The minimum absolute atomic E-state index is 0.145. The van der Waals surface area contributed by atoms with Crippen molar-refractivity contribution in [3.8, 4) is 11.1 Å². The Morgan fingerprint density at radius 2 is 1.71 bits per heavy atom. The van der Waals surface area contributed by atoms with Crippen molar-refractivity contribution < 1.29 is 14.7 Å². The molecule has 6 nitrogen and oxygen atoms in total. The third-order valence-corrected chi connectivity index (χ3v) is 4.60. The molecular weight excluding hydrogens is 356 g/mol. The number of carbonyl (C=O) groups excluding carboxylic acids is 1. The number of H-pyrrole nitrogens is 1. The number of nitrogens with one attached hydrogen (secondary N) is 2. The van der Waals surface area contributed by atoms with Gasteiger partial charge < -0.3 is 15.4 Å². The normalized spacial score (nSPS) is 10.9. The number of benzene rings is 3. The second-order valence-corrected chi connectivity index (χ2v) is 6.55. The summed E-state index contributed by atoms with van der Waals surface area (Å²) in [6.45, 7) is 1.45. The van der Waals surface area contributed by atoms with Crippen LogP contribution < -0.4 is 10.9 Å². The summed E-state index contributed by atoms with van der Waals surface area (Å²) < 4.78 is 0. The molecule has 0 radical (unpaired) electrons. The first kappa shape index (κ1) is 17.5. The number of pyridine rings is 1. The molecule has 0 unspecified atom stereocenters. The number of anilines is 1. The lowest BCUT2D eigenvalue weighted by atomic mass is 9.94. The Hall–Kier alpha value is -3.93. The van der Waals surface area contributed by atoms with Crippen molar-refractivity contribution in [1.82, 2.24) is 4.98 Å². The summed E-state index contributed by atoms with van der Waals surface area (Å²) >= 11 is 0. The Labute approximate surface area is 159 Å². The fraction of sp³-hybridized carbons (Fsp3) is 0.0455. The van der Waals surface area contributed by atoms with Crippen LogP contribution in [0.2, 0.25) is 0 Å². The Morgan fingerprint density at radius 1 is 0.929 bits per heavy atom. The predicted octanol–water partition coefficient (Wildman–Crippen LogP) is 4.00. The van der Waals surface area contributed by atoms with Crippen LogP contribution in [0.3, 0.4) is 0 Å². The highest BCUT2D eigenvalue weighted by atomic mass is 16.4. The van der Waals surface area contributed by atoms with Crippen molar-refractivity contribution in [2.75, 3.05) is 5.32 Å². The molecule has 0 aliphatic rings. The monoisotopic (exact) mass is 372 g/mol. The van der Waals surface area contributed by atoms with Crippen LogP contribution >= 0.6 is 0 Å². The van der Waals surface area contributed by atoms with Crippen molar-refractivity contribution in [3.63, 3.8) is 0 Å². The molecule has 0 aliphatic heterocycles. The molecule has 138 valence electrons. The number of aromatic carboxylic acids is 1. The molecule has 1 aromatic heterocycles. The van der Waals surface area contributed by atoms with E-state index < -0.39 is 5.97 Å². The highest BCUT2D eigenvalue weighted by Crippen LogP contribution is 2.32. The van der Waals surface area contributed by atoms with E-state index in [0.717, 1.165) is 21.9 Å². The quantitative estimate of drug-likeness (QED) is 0.473. The third kappa shape index (κ3) is 3.12. The molecule has 6 heteroatoms. The lowest BCUT2D eigenvalue weighted by Gasteiger charge is -2.11. The van der Waals surface area contributed by atoms with Gasteiger partial charge in [0.15, 0.2) is 0 Å². The van der Waals surface area contributed by atoms with E-state index in [2.05, 4.69) is 10.3 Å². The third-order valence-electron chi connectivity index (χ3n) is 4.60. The topological polar surface area (TPSA) is 99.3 Å². The predicted molar refractivity (Wildman–Crippen MR) is 109 cm³/mol. The average Bonchev–Trinajstić information content (AvgIpc) is 2.66.